The average Bonchev–Trinajstić information content (AvgIpc) is 2.27. The molecule has 0 bridgehead atoms. The van der Waals surface area contributed by atoms with Gasteiger partial charge in [0.15, 0.2) is 0 Å². The Morgan fingerprint density at radius 2 is 2.06 bits per heavy atom. The number of hydrogen-bond acceptors (Lipinski definition) is 5. The third kappa shape index (κ3) is 2.59. The Morgan fingerprint density at radius 1 is 1.44 bits per heavy atom. The molecule has 0 radical (unpaired) electrons. The molecule has 1 fully saturated rings. The minimum atomic E-state index is -0.352. The van der Waals surface area contributed by atoms with Crippen LogP contribution in [0.3, 0.4) is 0 Å². The lowest BCUT2D eigenvalue weighted by Crippen LogP contribution is -2.54. The normalized spacial score (nSPS) is 24.1. The summed E-state index contributed by atoms with van der Waals surface area (Å²) >= 11 is 0. The van der Waals surface area contributed by atoms with Gasteiger partial charge in [0, 0.05) is 36.9 Å². The summed E-state index contributed by atoms with van der Waals surface area (Å²) in [6, 6.07) is 2.28. The van der Waals surface area contributed by atoms with E-state index in [2.05, 4.69) is 29.0 Å². The second kappa shape index (κ2) is 4.89. The number of piperazine rings is 1. The molecular weight excluding hydrogens is 232 g/mol. The topological polar surface area (TPSA) is 71.3 Å². The number of nitro groups is 1. The van der Waals surface area contributed by atoms with Gasteiger partial charge in [-0.1, -0.05) is 0 Å². The van der Waals surface area contributed by atoms with Crippen LogP contribution in [-0.2, 0) is 0 Å². The molecule has 6 heteroatoms. The largest absolute Gasteiger partial charge is 0.353 e. The van der Waals surface area contributed by atoms with Crippen molar-refractivity contribution in [3.63, 3.8) is 0 Å². The second-order valence-corrected chi connectivity index (χ2v) is 4.96. The van der Waals surface area contributed by atoms with E-state index in [1.165, 1.54) is 0 Å². The Hall–Kier alpha value is -1.69. The molecule has 1 N–H and O–H groups in total. The first-order valence-corrected chi connectivity index (χ1v) is 6.09. The highest BCUT2D eigenvalue weighted by molar-refractivity contribution is 5.51. The van der Waals surface area contributed by atoms with Crippen LogP contribution in [0.4, 0.5) is 11.5 Å². The van der Waals surface area contributed by atoms with Crippen LogP contribution in [0.5, 0.6) is 0 Å². The first kappa shape index (κ1) is 12.8. The fourth-order valence-electron chi connectivity index (χ4n) is 2.39. The fraction of sp³-hybridized carbons (Fsp3) is 0.583. The van der Waals surface area contributed by atoms with E-state index in [9.17, 15) is 10.1 Å². The number of pyridine rings is 1. The molecule has 6 nitrogen and oxygen atoms in total. The van der Waals surface area contributed by atoms with Gasteiger partial charge in [-0.25, -0.2) is 4.98 Å². The molecule has 1 aliphatic heterocycles. The monoisotopic (exact) mass is 250 g/mol. The number of aromatic nitrogens is 1. The number of nitrogens with one attached hydrogen (secondary N) is 1. The lowest BCUT2D eigenvalue weighted by molar-refractivity contribution is -0.385. The van der Waals surface area contributed by atoms with Crippen molar-refractivity contribution in [1.82, 2.24) is 10.3 Å². The molecule has 98 valence electrons. The maximum absolute atomic E-state index is 10.9. The Morgan fingerprint density at radius 3 is 2.61 bits per heavy atom. The minimum Gasteiger partial charge on any atom is -0.353 e. The number of aryl methyl sites for hydroxylation is 1. The van der Waals surface area contributed by atoms with Crippen LogP contribution in [0.25, 0.3) is 0 Å². The molecule has 0 aromatic carbocycles. The highest BCUT2D eigenvalue weighted by Crippen LogP contribution is 2.23. The quantitative estimate of drug-likeness (QED) is 0.636. The zero-order chi connectivity index (χ0) is 13.3. The predicted octanol–water partition coefficient (Wildman–Crippen LogP) is 1.48. The van der Waals surface area contributed by atoms with E-state index in [-0.39, 0.29) is 10.6 Å². The molecule has 2 heterocycles. The smallest absolute Gasteiger partial charge is 0.277 e. The molecular formula is C12H18N4O2. The van der Waals surface area contributed by atoms with Crippen molar-refractivity contribution in [2.45, 2.75) is 32.9 Å². The van der Waals surface area contributed by atoms with E-state index < -0.39 is 0 Å². The molecule has 0 spiro atoms. The summed E-state index contributed by atoms with van der Waals surface area (Å²) in [5, 5.41) is 14.4. The highest BCUT2D eigenvalue weighted by atomic mass is 16.6. The summed E-state index contributed by atoms with van der Waals surface area (Å²) in [5.74, 6) is 0.688. The Labute approximate surface area is 106 Å². The van der Waals surface area contributed by atoms with Crippen LogP contribution >= 0.6 is 0 Å². The fourth-order valence-corrected chi connectivity index (χ4v) is 2.39. The average molecular weight is 250 g/mol. The van der Waals surface area contributed by atoms with E-state index in [1.807, 2.05) is 0 Å². The number of nitrogens with zero attached hydrogens (tertiary/aromatic N) is 3. The molecule has 1 aromatic heterocycles. The van der Waals surface area contributed by atoms with E-state index in [0.29, 0.717) is 23.5 Å². The maximum Gasteiger partial charge on any atom is 0.277 e. The lowest BCUT2D eigenvalue weighted by Gasteiger charge is -2.36. The van der Waals surface area contributed by atoms with Crippen LogP contribution < -0.4 is 10.2 Å². The summed E-state index contributed by atoms with van der Waals surface area (Å²) in [5.41, 5.74) is 0.735. The molecule has 1 saturated heterocycles. The van der Waals surface area contributed by atoms with E-state index in [4.69, 9.17) is 0 Å². The molecule has 18 heavy (non-hydrogen) atoms. The summed E-state index contributed by atoms with van der Waals surface area (Å²) in [7, 11) is 0. The Balaban J connectivity index is 2.28. The van der Waals surface area contributed by atoms with Gasteiger partial charge in [0.25, 0.3) is 5.69 Å². The minimum absolute atomic E-state index is 0.138. The van der Waals surface area contributed by atoms with E-state index in [0.717, 1.165) is 13.1 Å². The van der Waals surface area contributed by atoms with Crippen molar-refractivity contribution in [3.05, 3.63) is 27.9 Å². The summed E-state index contributed by atoms with van der Waals surface area (Å²) < 4.78 is 0. The Bertz CT molecular complexity index is 453. The summed E-state index contributed by atoms with van der Waals surface area (Å²) in [4.78, 5) is 17.0. The van der Waals surface area contributed by atoms with Crippen molar-refractivity contribution < 1.29 is 4.92 Å². The number of rotatable bonds is 2. The summed E-state index contributed by atoms with van der Waals surface area (Å²) in [6.45, 7) is 7.55. The van der Waals surface area contributed by atoms with Gasteiger partial charge in [0.1, 0.15) is 5.82 Å². The lowest BCUT2D eigenvalue weighted by atomic mass is 10.1. The van der Waals surface area contributed by atoms with Crippen molar-refractivity contribution in [1.29, 1.82) is 0 Å². The van der Waals surface area contributed by atoms with E-state index >= 15 is 0 Å². The maximum atomic E-state index is 10.9. The first-order valence-electron chi connectivity index (χ1n) is 6.09. The summed E-state index contributed by atoms with van der Waals surface area (Å²) in [6.07, 6.45) is 1.57. The van der Waals surface area contributed by atoms with Gasteiger partial charge in [-0.05, 0) is 20.8 Å². The SMILES string of the molecule is Cc1cnc(N2CC(C)NC(C)C2)cc1[N+](=O)[O-]. The van der Waals surface area contributed by atoms with Crippen LogP contribution in [0.15, 0.2) is 12.3 Å². The zero-order valence-electron chi connectivity index (χ0n) is 10.9. The van der Waals surface area contributed by atoms with Crippen LogP contribution in [0.2, 0.25) is 0 Å². The van der Waals surface area contributed by atoms with Crippen LogP contribution in [0, 0.1) is 17.0 Å². The van der Waals surface area contributed by atoms with Gasteiger partial charge >= 0.3 is 0 Å². The molecule has 1 aliphatic rings. The molecule has 1 aromatic rings. The zero-order valence-corrected chi connectivity index (χ0v) is 10.9. The van der Waals surface area contributed by atoms with Crippen LogP contribution in [0.1, 0.15) is 19.4 Å². The van der Waals surface area contributed by atoms with Crippen molar-refractivity contribution in [3.8, 4) is 0 Å². The van der Waals surface area contributed by atoms with Crippen molar-refractivity contribution >= 4 is 11.5 Å². The third-order valence-electron chi connectivity index (χ3n) is 3.14. The van der Waals surface area contributed by atoms with Gasteiger partial charge in [-0.15, -0.1) is 0 Å². The van der Waals surface area contributed by atoms with E-state index in [1.54, 1.807) is 19.2 Å². The second-order valence-electron chi connectivity index (χ2n) is 4.96. The van der Waals surface area contributed by atoms with Gasteiger partial charge < -0.3 is 10.2 Å². The first-order chi connectivity index (χ1) is 8.47. The van der Waals surface area contributed by atoms with Gasteiger partial charge in [0.05, 0.1) is 11.0 Å². The molecule has 2 rings (SSSR count). The van der Waals surface area contributed by atoms with Gasteiger partial charge in [-0.3, -0.25) is 10.1 Å². The highest BCUT2D eigenvalue weighted by Gasteiger charge is 2.23. The third-order valence-corrected chi connectivity index (χ3v) is 3.14. The molecule has 0 amide bonds. The van der Waals surface area contributed by atoms with Gasteiger partial charge in [0.2, 0.25) is 0 Å². The van der Waals surface area contributed by atoms with Crippen molar-refractivity contribution in [2.24, 2.45) is 0 Å². The number of anilines is 1. The number of hydrogen-bond donors (Lipinski definition) is 1. The molecule has 0 aliphatic carbocycles. The Kier molecular flexibility index (Phi) is 3.47. The standard InChI is InChI=1S/C12H18N4O2/c1-8-5-13-12(4-11(8)16(17)18)15-6-9(2)14-10(3)7-15/h4-5,9-10,14H,6-7H2,1-3H3. The predicted molar refractivity (Wildman–Crippen MR) is 69.9 cm³/mol. The van der Waals surface area contributed by atoms with Gasteiger partial charge in [-0.2, -0.15) is 0 Å². The van der Waals surface area contributed by atoms with Crippen molar-refractivity contribution in [2.75, 3.05) is 18.0 Å². The van der Waals surface area contributed by atoms with Crippen LogP contribution in [-0.4, -0.2) is 35.1 Å². The molecule has 2 unspecified atom stereocenters. The molecule has 0 saturated carbocycles. The molecule has 2 atom stereocenters.